The van der Waals surface area contributed by atoms with Crippen LogP contribution in [-0.2, 0) is 0 Å². The average molecular weight is 253 g/mol. The molecule has 0 saturated carbocycles. The van der Waals surface area contributed by atoms with Crippen LogP contribution in [0, 0.1) is 5.82 Å². The molecule has 1 aliphatic heterocycles. The van der Waals surface area contributed by atoms with Crippen LogP contribution in [0.1, 0.15) is 5.56 Å². The highest BCUT2D eigenvalue weighted by Crippen LogP contribution is 2.36. The van der Waals surface area contributed by atoms with Gasteiger partial charge in [-0.3, -0.25) is 0 Å². The van der Waals surface area contributed by atoms with Crippen LogP contribution in [0.2, 0.25) is 5.02 Å². The predicted molar refractivity (Wildman–Crippen MR) is 50.9 cm³/mol. The molecule has 6 heteroatoms. The van der Waals surface area contributed by atoms with Crippen LogP contribution >= 0.6 is 11.6 Å². The minimum atomic E-state index is -4.56. The Bertz CT molecular complexity index is 453. The van der Waals surface area contributed by atoms with Crippen LogP contribution in [-0.4, -0.2) is 12.3 Å². The zero-order valence-corrected chi connectivity index (χ0v) is 8.44. The van der Waals surface area contributed by atoms with Crippen molar-refractivity contribution in [3.63, 3.8) is 0 Å². The number of rotatable bonds is 0. The van der Waals surface area contributed by atoms with Crippen LogP contribution in [0.15, 0.2) is 18.2 Å². The van der Waals surface area contributed by atoms with E-state index in [-0.39, 0.29) is 10.6 Å². The number of hydrogen-bond acceptors (Lipinski definition) is 1. The van der Waals surface area contributed by atoms with Crippen molar-refractivity contribution in [3.05, 3.63) is 34.6 Å². The van der Waals surface area contributed by atoms with Crippen molar-refractivity contribution in [3.8, 4) is 5.75 Å². The maximum absolute atomic E-state index is 13.3. The van der Waals surface area contributed by atoms with Crippen molar-refractivity contribution in [1.82, 2.24) is 0 Å². The van der Waals surface area contributed by atoms with Gasteiger partial charge in [0.05, 0.1) is 0 Å². The fourth-order valence-electron chi connectivity index (χ4n) is 1.36. The molecule has 0 saturated heterocycles. The molecular weight excluding hydrogens is 248 g/mol. The first-order valence-electron chi connectivity index (χ1n) is 4.28. The Morgan fingerprint density at radius 3 is 2.56 bits per heavy atom. The van der Waals surface area contributed by atoms with E-state index in [1.807, 2.05) is 0 Å². The fraction of sp³-hybridized carbons (Fsp3) is 0.200. The minimum absolute atomic E-state index is 0.106. The first kappa shape index (κ1) is 11.3. The number of fused-ring (bicyclic) bond motifs is 1. The van der Waals surface area contributed by atoms with Crippen molar-refractivity contribution in [2.45, 2.75) is 12.3 Å². The lowest BCUT2D eigenvalue weighted by molar-refractivity contribution is -0.180. The summed E-state index contributed by atoms with van der Waals surface area (Å²) in [6.07, 6.45) is -4.71. The van der Waals surface area contributed by atoms with Crippen molar-refractivity contribution >= 4 is 17.7 Å². The summed E-state index contributed by atoms with van der Waals surface area (Å²) in [6, 6.07) is 2.25. The lowest BCUT2D eigenvalue weighted by Crippen LogP contribution is -2.34. The SMILES string of the molecule is Fc1cc(Cl)cc2c1OC(C(F)(F)F)C=C2. The molecule has 0 N–H and O–H groups in total. The highest BCUT2D eigenvalue weighted by Gasteiger charge is 2.42. The summed E-state index contributed by atoms with van der Waals surface area (Å²) < 4.78 is 54.8. The van der Waals surface area contributed by atoms with Crippen molar-refractivity contribution in [2.24, 2.45) is 0 Å². The number of ether oxygens (including phenoxy) is 1. The van der Waals surface area contributed by atoms with Crippen LogP contribution in [0.5, 0.6) is 5.75 Å². The van der Waals surface area contributed by atoms with Crippen LogP contribution in [0.25, 0.3) is 6.08 Å². The van der Waals surface area contributed by atoms with Gasteiger partial charge in [-0.25, -0.2) is 4.39 Å². The number of hydrogen-bond donors (Lipinski definition) is 0. The second kappa shape index (κ2) is 3.66. The maximum atomic E-state index is 13.3. The fourth-order valence-corrected chi connectivity index (χ4v) is 1.57. The van der Waals surface area contributed by atoms with Gasteiger partial charge in [0, 0.05) is 10.6 Å². The highest BCUT2D eigenvalue weighted by atomic mass is 35.5. The van der Waals surface area contributed by atoms with Crippen molar-refractivity contribution in [1.29, 1.82) is 0 Å². The monoisotopic (exact) mass is 252 g/mol. The van der Waals surface area contributed by atoms with E-state index in [0.29, 0.717) is 0 Å². The Kier molecular flexibility index (Phi) is 2.58. The topological polar surface area (TPSA) is 9.23 Å². The number of halogens is 5. The maximum Gasteiger partial charge on any atom is 0.429 e. The molecule has 1 aromatic rings. The van der Waals surface area contributed by atoms with Gasteiger partial charge in [0.15, 0.2) is 11.6 Å². The molecule has 1 aromatic carbocycles. The molecule has 1 unspecified atom stereocenters. The van der Waals surface area contributed by atoms with Gasteiger partial charge in [0.1, 0.15) is 0 Å². The van der Waals surface area contributed by atoms with E-state index in [2.05, 4.69) is 4.74 Å². The quantitative estimate of drug-likeness (QED) is 0.638. The smallest absolute Gasteiger partial charge is 0.429 e. The summed E-state index contributed by atoms with van der Waals surface area (Å²) in [4.78, 5) is 0. The minimum Gasteiger partial charge on any atom is -0.473 e. The van der Waals surface area contributed by atoms with E-state index < -0.39 is 23.8 Å². The summed E-state index contributed by atoms with van der Waals surface area (Å²) in [6.45, 7) is 0. The molecule has 16 heavy (non-hydrogen) atoms. The third-order valence-electron chi connectivity index (χ3n) is 2.06. The molecule has 0 aliphatic carbocycles. The van der Waals surface area contributed by atoms with Gasteiger partial charge in [-0.05, 0) is 18.2 Å². The summed E-state index contributed by atoms with van der Waals surface area (Å²) in [7, 11) is 0. The van der Waals surface area contributed by atoms with E-state index in [1.54, 1.807) is 0 Å². The Balaban J connectivity index is 2.42. The van der Waals surface area contributed by atoms with Gasteiger partial charge >= 0.3 is 6.18 Å². The predicted octanol–water partition coefficient (Wildman–Crippen LogP) is 3.82. The summed E-state index contributed by atoms with van der Waals surface area (Å²) in [5.74, 6) is -1.32. The molecule has 1 aliphatic rings. The van der Waals surface area contributed by atoms with E-state index in [0.717, 1.165) is 18.2 Å². The Morgan fingerprint density at radius 1 is 1.25 bits per heavy atom. The van der Waals surface area contributed by atoms with Gasteiger partial charge in [-0.2, -0.15) is 13.2 Å². The molecule has 0 aromatic heterocycles. The standard InChI is InChI=1S/C10H5ClF4O/c11-6-3-5-1-2-8(10(13,14)15)16-9(5)7(12)4-6/h1-4,8H. The molecular formula is C10H5ClF4O. The molecule has 0 radical (unpaired) electrons. The molecule has 1 atom stereocenters. The average Bonchev–Trinajstić information content (AvgIpc) is 2.15. The van der Waals surface area contributed by atoms with Crippen LogP contribution in [0.4, 0.5) is 17.6 Å². The molecule has 1 nitrogen and oxygen atoms in total. The Morgan fingerprint density at radius 2 is 1.94 bits per heavy atom. The van der Waals surface area contributed by atoms with E-state index >= 15 is 0 Å². The van der Waals surface area contributed by atoms with Gasteiger partial charge in [0.25, 0.3) is 0 Å². The molecule has 1 heterocycles. The number of benzene rings is 1. The molecule has 0 fully saturated rings. The van der Waals surface area contributed by atoms with Gasteiger partial charge in [0.2, 0.25) is 6.10 Å². The zero-order chi connectivity index (χ0) is 11.9. The molecule has 0 spiro atoms. The largest absolute Gasteiger partial charge is 0.473 e. The van der Waals surface area contributed by atoms with Crippen molar-refractivity contribution < 1.29 is 22.3 Å². The molecule has 0 amide bonds. The normalized spacial score (nSPS) is 19.2. The molecule has 2 rings (SSSR count). The first-order chi connectivity index (χ1) is 7.38. The third kappa shape index (κ3) is 2.00. The molecule has 86 valence electrons. The van der Waals surface area contributed by atoms with Crippen LogP contribution < -0.4 is 4.74 Å². The van der Waals surface area contributed by atoms with Crippen molar-refractivity contribution in [2.75, 3.05) is 0 Å². The van der Waals surface area contributed by atoms with Gasteiger partial charge in [-0.1, -0.05) is 17.7 Å². The zero-order valence-electron chi connectivity index (χ0n) is 7.68. The summed E-state index contributed by atoms with van der Waals surface area (Å²) in [5.41, 5.74) is 0.200. The first-order valence-corrected chi connectivity index (χ1v) is 4.66. The highest BCUT2D eigenvalue weighted by molar-refractivity contribution is 6.30. The van der Waals surface area contributed by atoms with Crippen LogP contribution in [0.3, 0.4) is 0 Å². The summed E-state index contributed by atoms with van der Waals surface area (Å²) >= 11 is 5.56. The lowest BCUT2D eigenvalue weighted by Gasteiger charge is -2.23. The second-order valence-electron chi connectivity index (χ2n) is 3.25. The lowest BCUT2D eigenvalue weighted by atomic mass is 10.1. The number of alkyl halides is 3. The van der Waals surface area contributed by atoms with Gasteiger partial charge in [-0.15, -0.1) is 0 Å². The van der Waals surface area contributed by atoms with E-state index in [4.69, 9.17) is 11.6 Å². The van der Waals surface area contributed by atoms with Gasteiger partial charge < -0.3 is 4.74 Å². The third-order valence-corrected chi connectivity index (χ3v) is 2.27. The van der Waals surface area contributed by atoms with E-state index in [9.17, 15) is 17.6 Å². The Labute approximate surface area is 93.3 Å². The molecule has 0 bridgehead atoms. The summed E-state index contributed by atoms with van der Waals surface area (Å²) in [5, 5.41) is 0.106. The van der Waals surface area contributed by atoms with E-state index in [1.165, 1.54) is 6.07 Å². The second-order valence-corrected chi connectivity index (χ2v) is 3.68. The Hall–Kier alpha value is -1.23.